The van der Waals surface area contributed by atoms with Crippen molar-refractivity contribution in [2.75, 3.05) is 12.0 Å². The Bertz CT molecular complexity index is 890. The van der Waals surface area contributed by atoms with Crippen LogP contribution in [0.25, 0.3) is 6.08 Å². The number of ether oxygens (including phenoxy) is 1. The average Bonchev–Trinajstić information content (AvgIpc) is 2.88. The maximum Gasteiger partial charge on any atom is 0.337 e. The molecule has 1 N–H and O–H groups in total. The molecule has 1 aliphatic rings. The van der Waals surface area contributed by atoms with Gasteiger partial charge < -0.3 is 9.84 Å². The molecule has 0 aliphatic carbocycles. The fraction of sp³-hybridized carbons (Fsp3) is 0.0556. The van der Waals surface area contributed by atoms with Crippen molar-refractivity contribution in [1.82, 2.24) is 0 Å². The summed E-state index contributed by atoms with van der Waals surface area (Å²) in [6.07, 6.45) is 1.68. The molecular weight excluding hydrogens is 358 g/mol. The Morgan fingerprint density at radius 1 is 1.24 bits per heavy atom. The van der Waals surface area contributed by atoms with E-state index in [0.29, 0.717) is 26.0 Å². The Balaban J connectivity index is 1.87. The summed E-state index contributed by atoms with van der Waals surface area (Å²) in [6, 6.07) is 13.1. The highest BCUT2D eigenvalue weighted by Gasteiger charge is 2.33. The van der Waals surface area contributed by atoms with Crippen molar-refractivity contribution < 1.29 is 19.4 Å². The lowest BCUT2D eigenvalue weighted by Gasteiger charge is -2.14. The molecule has 0 atom stereocenters. The van der Waals surface area contributed by atoms with Gasteiger partial charge in [-0.25, -0.2) is 4.79 Å². The zero-order valence-electron chi connectivity index (χ0n) is 13.1. The SMILES string of the molecule is COC(=O)c1ccc(N2C(=O)/C(=C\c3cccc(O)c3)SC2=S)cc1. The van der Waals surface area contributed by atoms with Gasteiger partial charge >= 0.3 is 5.97 Å². The molecule has 1 aliphatic heterocycles. The molecule has 0 unspecified atom stereocenters. The van der Waals surface area contributed by atoms with E-state index in [-0.39, 0.29) is 11.7 Å². The average molecular weight is 371 g/mol. The van der Waals surface area contributed by atoms with Crippen LogP contribution in [-0.4, -0.2) is 28.4 Å². The Labute approximate surface area is 153 Å². The van der Waals surface area contributed by atoms with Crippen LogP contribution in [0.1, 0.15) is 15.9 Å². The zero-order chi connectivity index (χ0) is 18.0. The summed E-state index contributed by atoms with van der Waals surface area (Å²) in [5.41, 5.74) is 1.68. The van der Waals surface area contributed by atoms with Gasteiger partial charge in [-0.3, -0.25) is 9.69 Å². The molecule has 2 aromatic rings. The van der Waals surface area contributed by atoms with Gasteiger partial charge in [0.25, 0.3) is 5.91 Å². The van der Waals surface area contributed by atoms with Crippen molar-refractivity contribution in [3.63, 3.8) is 0 Å². The standard InChI is InChI=1S/C18H13NO4S2/c1-23-17(22)12-5-7-13(8-6-12)19-16(21)15(25-18(19)24)10-11-3-2-4-14(20)9-11/h2-10,20H,1H3/b15-10+. The molecule has 1 amide bonds. The number of methoxy groups -OCH3 is 1. The number of hydrogen-bond acceptors (Lipinski definition) is 6. The number of carbonyl (C=O) groups excluding carboxylic acids is 2. The molecule has 1 heterocycles. The lowest BCUT2D eigenvalue weighted by atomic mass is 10.2. The van der Waals surface area contributed by atoms with Crippen LogP contribution < -0.4 is 4.90 Å². The van der Waals surface area contributed by atoms with E-state index in [0.717, 1.165) is 0 Å². The molecule has 0 radical (unpaired) electrons. The summed E-state index contributed by atoms with van der Waals surface area (Å²) in [4.78, 5) is 26.0. The van der Waals surface area contributed by atoms with Crippen molar-refractivity contribution in [2.24, 2.45) is 0 Å². The second-order valence-corrected chi connectivity index (χ2v) is 6.83. The number of benzene rings is 2. The van der Waals surface area contributed by atoms with Crippen molar-refractivity contribution in [2.45, 2.75) is 0 Å². The van der Waals surface area contributed by atoms with Gasteiger partial charge in [-0.05, 0) is 48.0 Å². The second-order valence-electron chi connectivity index (χ2n) is 5.15. The van der Waals surface area contributed by atoms with Crippen LogP contribution in [0.5, 0.6) is 5.75 Å². The topological polar surface area (TPSA) is 66.8 Å². The largest absolute Gasteiger partial charge is 0.508 e. The first-order chi connectivity index (χ1) is 12.0. The third kappa shape index (κ3) is 3.57. The maximum atomic E-state index is 12.7. The molecule has 0 bridgehead atoms. The van der Waals surface area contributed by atoms with Crippen LogP contribution in [0.15, 0.2) is 53.4 Å². The smallest absolute Gasteiger partial charge is 0.337 e. The van der Waals surface area contributed by atoms with Crippen LogP contribution in [0.2, 0.25) is 0 Å². The van der Waals surface area contributed by atoms with Gasteiger partial charge in [0.05, 0.1) is 23.3 Å². The molecule has 7 heteroatoms. The number of rotatable bonds is 3. The Morgan fingerprint density at radius 3 is 2.60 bits per heavy atom. The highest BCUT2D eigenvalue weighted by atomic mass is 32.2. The molecular formula is C18H13NO4S2. The van der Waals surface area contributed by atoms with Crippen molar-refractivity contribution in [3.8, 4) is 5.75 Å². The van der Waals surface area contributed by atoms with Crippen LogP contribution in [0, 0.1) is 0 Å². The fourth-order valence-corrected chi connectivity index (χ4v) is 3.62. The summed E-state index contributed by atoms with van der Waals surface area (Å²) in [5.74, 6) is -0.562. The molecule has 25 heavy (non-hydrogen) atoms. The first-order valence-corrected chi connectivity index (χ1v) is 8.47. The fourth-order valence-electron chi connectivity index (χ4n) is 2.32. The van der Waals surface area contributed by atoms with Crippen LogP contribution in [-0.2, 0) is 9.53 Å². The predicted octanol–water partition coefficient (Wildman–Crippen LogP) is 3.58. The van der Waals surface area contributed by atoms with Crippen molar-refractivity contribution in [3.05, 3.63) is 64.6 Å². The molecule has 1 fully saturated rings. The minimum Gasteiger partial charge on any atom is -0.508 e. The van der Waals surface area contributed by atoms with Gasteiger partial charge in [-0.2, -0.15) is 0 Å². The summed E-state index contributed by atoms with van der Waals surface area (Å²) in [5, 5.41) is 9.53. The molecule has 0 saturated carbocycles. The third-order valence-corrected chi connectivity index (χ3v) is 4.81. The summed E-state index contributed by atoms with van der Waals surface area (Å²) < 4.78 is 5.06. The van der Waals surface area contributed by atoms with Crippen LogP contribution in [0.3, 0.4) is 0 Å². The molecule has 1 saturated heterocycles. The Kier molecular flexibility index (Phi) is 4.87. The first-order valence-electron chi connectivity index (χ1n) is 7.25. The van der Waals surface area contributed by atoms with Crippen molar-refractivity contribution in [1.29, 1.82) is 0 Å². The number of phenolic OH excluding ortho intramolecular Hbond substituents is 1. The Hall–Kier alpha value is -2.64. The number of thiocarbonyl (C=S) groups is 1. The highest BCUT2D eigenvalue weighted by Crippen LogP contribution is 2.36. The van der Waals surface area contributed by atoms with E-state index in [1.54, 1.807) is 54.6 Å². The Morgan fingerprint density at radius 2 is 1.96 bits per heavy atom. The molecule has 126 valence electrons. The minimum atomic E-state index is -0.444. The highest BCUT2D eigenvalue weighted by molar-refractivity contribution is 8.27. The maximum absolute atomic E-state index is 12.7. The molecule has 3 rings (SSSR count). The van der Waals surface area contributed by atoms with Gasteiger partial charge in [0, 0.05) is 0 Å². The van der Waals surface area contributed by atoms with E-state index in [2.05, 4.69) is 4.74 Å². The van der Waals surface area contributed by atoms with E-state index in [9.17, 15) is 14.7 Å². The summed E-state index contributed by atoms with van der Waals surface area (Å²) in [7, 11) is 1.31. The van der Waals surface area contributed by atoms with Crippen LogP contribution in [0.4, 0.5) is 5.69 Å². The number of amides is 1. The number of phenols is 1. The minimum absolute atomic E-state index is 0.127. The molecule has 0 aromatic heterocycles. The number of hydrogen-bond donors (Lipinski definition) is 1. The second kappa shape index (κ2) is 7.08. The summed E-state index contributed by atoms with van der Waals surface area (Å²) >= 11 is 6.50. The number of aromatic hydroxyl groups is 1. The quantitative estimate of drug-likeness (QED) is 0.505. The molecule has 5 nitrogen and oxygen atoms in total. The van der Waals surface area contributed by atoms with Gasteiger partial charge in [-0.15, -0.1) is 0 Å². The normalized spacial score (nSPS) is 15.7. The van der Waals surface area contributed by atoms with E-state index in [1.165, 1.54) is 23.8 Å². The van der Waals surface area contributed by atoms with Crippen molar-refractivity contribution >= 4 is 51.9 Å². The molecule has 2 aromatic carbocycles. The third-order valence-electron chi connectivity index (χ3n) is 3.51. The number of thioether (sulfide) groups is 1. The van der Waals surface area contributed by atoms with Crippen LogP contribution >= 0.6 is 24.0 Å². The molecule has 0 spiro atoms. The monoisotopic (exact) mass is 371 g/mol. The van der Waals surface area contributed by atoms with E-state index < -0.39 is 5.97 Å². The first kappa shape index (κ1) is 17.2. The lowest BCUT2D eigenvalue weighted by molar-refractivity contribution is -0.113. The predicted molar refractivity (Wildman–Crippen MR) is 102 cm³/mol. The zero-order valence-corrected chi connectivity index (χ0v) is 14.8. The lowest BCUT2D eigenvalue weighted by Crippen LogP contribution is -2.27. The number of nitrogens with zero attached hydrogens (tertiary/aromatic N) is 1. The number of esters is 1. The van der Waals surface area contributed by atoms with Gasteiger partial charge in [0.1, 0.15) is 5.75 Å². The summed E-state index contributed by atoms with van der Waals surface area (Å²) in [6.45, 7) is 0. The van der Waals surface area contributed by atoms with E-state index in [1.807, 2.05) is 0 Å². The van der Waals surface area contributed by atoms with Gasteiger partial charge in [0.15, 0.2) is 4.32 Å². The number of anilines is 1. The van der Waals surface area contributed by atoms with Gasteiger partial charge in [-0.1, -0.05) is 36.1 Å². The van der Waals surface area contributed by atoms with E-state index in [4.69, 9.17) is 12.2 Å². The van der Waals surface area contributed by atoms with E-state index >= 15 is 0 Å². The number of carbonyl (C=O) groups is 2. The van der Waals surface area contributed by atoms with Gasteiger partial charge in [0.2, 0.25) is 0 Å².